The van der Waals surface area contributed by atoms with Crippen molar-refractivity contribution in [1.29, 1.82) is 0 Å². The quantitative estimate of drug-likeness (QED) is 0.805. The van der Waals surface area contributed by atoms with Crippen LogP contribution in [-0.2, 0) is 9.59 Å². The monoisotopic (exact) mass is 344 g/mol. The van der Waals surface area contributed by atoms with Gasteiger partial charge in [-0.25, -0.2) is 0 Å². The molecule has 0 radical (unpaired) electrons. The minimum Gasteiger partial charge on any atom is -0.492 e. The highest BCUT2D eigenvalue weighted by molar-refractivity contribution is 6.42. The molecule has 2 rings (SSSR count). The van der Waals surface area contributed by atoms with Crippen LogP contribution in [-0.4, -0.2) is 36.4 Å². The van der Waals surface area contributed by atoms with Crippen molar-refractivity contribution in [3.05, 3.63) is 28.2 Å². The Kier molecular flexibility index (Phi) is 5.91. The summed E-state index contributed by atoms with van der Waals surface area (Å²) in [5.74, 6) is -0.0270. The van der Waals surface area contributed by atoms with Gasteiger partial charge in [0, 0.05) is 19.5 Å². The Labute approximate surface area is 139 Å². The first-order valence-electron chi connectivity index (χ1n) is 7.13. The first-order chi connectivity index (χ1) is 10.5. The lowest BCUT2D eigenvalue weighted by molar-refractivity contribution is -0.130. The zero-order valence-corrected chi connectivity index (χ0v) is 13.6. The van der Waals surface area contributed by atoms with E-state index in [1.807, 2.05) is 0 Å². The summed E-state index contributed by atoms with van der Waals surface area (Å²) >= 11 is 11.9. The lowest BCUT2D eigenvalue weighted by atomic mass is 10.1. The van der Waals surface area contributed by atoms with Crippen LogP contribution in [0.3, 0.4) is 0 Å². The topological polar surface area (TPSA) is 72.6 Å². The van der Waals surface area contributed by atoms with E-state index in [0.29, 0.717) is 54.8 Å². The fraction of sp³-hybridized carbons (Fsp3) is 0.467. The Morgan fingerprint density at radius 1 is 1.36 bits per heavy atom. The Bertz CT molecular complexity index is 566. The maximum atomic E-state index is 12.0. The van der Waals surface area contributed by atoms with E-state index in [-0.39, 0.29) is 17.7 Å². The number of rotatable bonds is 6. The van der Waals surface area contributed by atoms with Crippen molar-refractivity contribution in [3.63, 3.8) is 0 Å². The Morgan fingerprint density at radius 2 is 2.14 bits per heavy atom. The van der Waals surface area contributed by atoms with Gasteiger partial charge >= 0.3 is 0 Å². The van der Waals surface area contributed by atoms with Crippen molar-refractivity contribution in [2.24, 2.45) is 11.7 Å². The summed E-state index contributed by atoms with van der Waals surface area (Å²) in [6.45, 7) is 1.39. The van der Waals surface area contributed by atoms with E-state index in [9.17, 15) is 9.59 Å². The molecule has 0 aromatic heterocycles. The van der Waals surface area contributed by atoms with Gasteiger partial charge in [0.05, 0.1) is 17.5 Å². The van der Waals surface area contributed by atoms with Crippen molar-refractivity contribution in [2.45, 2.75) is 19.3 Å². The van der Waals surface area contributed by atoms with Crippen LogP contribution in [0.2, 0.25) is 10.0 Å². The summed E-state index contributed by atoms with van der Waals surface area (Å²) in [6.07, 6.45) is 1.58. The van der Waals surface area contributed by atoms with Crippen LogP contribution in [0.25, 0.3) is 0 Å². The first kappa shape index (κ1) is 16.9. The molecule has 0 bridgehead atoms. The largest absolute Gasteiger partial charge is 0.492 e. The van der Waals surface area contributed by atoms with Gasteiger partial charge in [0.2, 0.25) is 11.8 Å². The molecule has 2 amide bonds. The standard InChI is InChI=1S/C15H18Cl2N2O3/c16-11-3-1-4-12(14(11)17)22-8-2-5-13(20)19-7-6-10(9-19)15(18)21/h1,3-4,10H,2,5-9H2,(H2,18,21)/t10-/m1/s1. The van der Waals surface area contributed by atoms with Gasteiger partial charge in [-0.2, -0.15) is 0 Å². The van der Waals surface area contributed by atoms with E-state index in [1.165, 1.54) is 0 Å². The maximum absolute atomic E-state index is 12.0. The minimum atomic E-state index is -0.339. The zero-order valence-electron chi connectivity index (χ0n) is 12.1. The molecular formula is C15H18Cl2N2O3. The van der Waals surface area contributed by atoms with E-state index in [1.54, 1.807) is 23.1 Å². The molecule has 1 saturated heterocycles. The van der Waals surface area contributed by atoms with Crippen molar-refractivity contribution in [3.8, 4) is 5.75 Å². The molecule has 1 aliphatic rings. The second kappa shape index (κ2) is 7.70. The lowest BCUT2D eigenvalue weighted by Gasteiger charge is -2.16. The molecule has 7 heteroatoms. The van der Waals surface area contributed by atoms with Crippen LogP contribution in [0.4, 0.5) is 0 Å². The van der Waals surface area contributed by atoms with Crippen molar-refractivity contribution < 1.29 is 14.3 Å². The molecule has 0 saturated carbocycles. The van der Waals surface area contributed by atoms with E-state index in [0.717, 1.165) is 0 Å². The molecular weight excluding hydrogens is 327 g/mol. The SMILES string of the molecule is NC(=O)[C@@H]1CCN(C(=O)CCCOc2cccc(Cl)c2Cl)C1. The Balaban J connectivity index is 1.72. The van der Waals surface area contributed by atoms with E-state index >= 15 is 0 Å². The predicted molar refractivity (Wildman–Crippen MR) is 85.1 cm³/mol. The summed E-state index contributed by atoms with van der Waals surface area (Å²) in [5, 5.41) is 0.809. The number of carbonyl (C=O) groups excluding carboxylic acids is 2. The molecule has 1 fully saturated rings. The third-order valence-corrected chi connectivity index (χ3v) is 4.45. The number of halogens is 2. The zero-order chi connectivity index (χ0) is 16.1. The van der Waals surface area contributed by atoms with Crippen LogP contribution in [0.1, 0.15) is 19.3 Å². The number of hydrogen-bond donors (Lipinski definition) is 1. The van der Waals surface area contributed by atoms with Crippen LogP contribution in [0.15, 0.2) is 18.2 Å². The smallest absolute Gasteiger partial charge is 0.222 e. The summed E-state index contributed by atoms with van der Waals surface area (Å²) in [5.41, 5.74) is 5.25. The van der Waals surface area contributed by atoms with Crippen LogP contribution in [0.5, 0.6) is 5.75 Å². The molecule has 1 aromatic rings. The van der Waals surface area contributed by atoms with E-state index < -0.39 is 0 Å². The minimum absolute atomic E-state index is 0.0181. The van der Waals surface area contributed by atoms with Gasteiger partial charge in [0.15, 0.2) is 0 Å². The molecule has 0 aliphatic carbocycles. The van der Waals surface area contributed by atoms with Gasteiger partial charge in [0.1, 0.15) is 10.8 Å². The number of carbonyl (C=O) groups is 2. The van der Waals surface area contributed by atoms with Crippen molar-refractivity contribution in [1.82, 2.24) is 4.90 Å². The predicted octanol–water partition coefficient (Wildman–Crippen LogP) is 2.49. The number of nitrogens with two attached hydrogens (primary N) is 1. The maximum Gasteiger partial charge on any atom is 0.222 e. The van der Waals surface area contributed by atoms with Gasteiger partial charge in [-0.3, -0.25) is 9.59 Å². The van der Waals surface area contributed by atoms with Gasteiger partial charge in [-0.05, 0) is 25.0 Å². The van der Waals surface area contributed by atoms with Gasteiger partial charge < -0.3 is 15.4 Å². The molecule has 5 nitrogen and oxygen atoms in total. The highest BCUT2D eigenvalue weighted by Crippen LogP contribution is 2.31. The third kappa shape index (κ3) is 4.27. The highest BCUT2D eigenvalue weighted by atomic mass is 35.5. The fourth-order valence-corrected chi connectivity index (χ4v) is 2.72. The normalized spacial score (nSPS) is 17.5. The van der Waals surface area contributed by atoms with Crippen molar-refractivity contribution in [2.75, 3.05) is 19.7 Å². The van der Waals surface area contributed by atoms with Gasteiger partial charge in [-0.15, -0.1) is 0 Å². The average Bonchev–Trinajstić information content (AvgIpc) is 2.97. The van der Waals surface area contributed by atoms with Crippen LogP contribution < -0.4 is 10.5 Å². The molecule has 1 atom stereocenters. The second-order valence-corrected chi connectivity index (χ2v) is 6.02. The second-order valence-electron chi connectivity index (χ2n) is 5.23. The van der Waals surface area contributed by atoms with Gasteiger partial charge in [0.25, 0.3) is 0 Å². The Hall–Kier alpha value is -1.46. The van der Waals surface area contributed by atoms with Crippen LogP contribution in [0, 0.1) is 5.92 Å². The number of primary amides is 1. The summed E-state index contributed by atoms with van der Waals surface area (Å²) in [4.78, 5) is 24.8. The first-order valence-corrected chi connectivity index (χ1v) is 7.88. The van der Waals surface area contributed by atoms with E-state index in [2.05, 4.69) is 0 Å². The third-order valence-electron chi connectivity index (χ3n) is 3.65. The molecule has 1 heterocycles. The molecule has 22 heavy (non-hydrogen) atoms. The molecule has 120 valence electrons. The average molecular weight is 345 g/mol. The number of ether oxygens (including phenoxy) is 1. The number of amides is 2. The molecule has 2 N–H and O–H groups in total. The molecule has 1 aromatic carbocycles. The molecule has 0 unspecified atom stereocenters. The number of hydrogen-bond acceptors (Lipinski definition) is 3. The Morgan fingerprint density at radius 3 is 2.82 bits per heavy atom. The summed E-state index contributed by atoms with van der Waals surface area (Å²) in [6, 6.07) is 5.17. The van der Waals surface area contributed by atoms with Gasteiger partial charge in [-0.1, -0.05) is 29.3 Å². The summed E-state index contributed by atoms with van der Waals surface area (Å²) < 4.78 is 5.53. The number of likely N-dealkylation sites (tertiary alicyclic amines) is 1. The summed E-state index contributed by atoms with van der Waals surface area (Å²) in [7, 11) is 0. The molecule has 1 aliphatic heterocycles. The lowest BCUT2D eigenvalue weighted by Crippen LogP contribution is -2.31. The van der Waals surface area contributed by atoms with Crippen molar-refractivity contribution >= 4 is 35.0 Å². The number of nitrogens with zero attached hydrogens (tertiary/aromatic N) is 1. The van der Waals surface area contributed by atoms with Crippen LogP contribution >= 0.6 is 23.2 Å². The molecule has 0 spiro atoms. The number of benzene rings is 1. The fourth-order valence-electron chi connectivity index (χ4n) is 2.38. The highest BCUT2D eigenvalue weighted by Gasteiger charge is 2.29. The van der Waals surface area contributed by atoms with E-state index in [4.69, 9.17) is 33.7 Å².